The van der Waals surface area contributed by atoms with Gasteiger partial charge in [0, 0.05) is 5.92 Å². The van der Waals surface area contributed by atoms with E-state index < -0.39 is 0 Å². The van der Waals surface area contributed by atoms with Crippen LogP contribution in [0.3, 0.4) is 0 Å². The average molecular weight is 206 g/mol. The van der Waals surface area contributed by atoms with Crippen molar-refractivity contribution in [1.82, 2.24) is 0 Å². The molecule has 3 nitrogen and oxygen atoms in total. The highest BCUT2D eigenvalue weighted by atomic mass is 16.5. The first-order valence-corrected chi connectivity index (χ1v) is 5.12. The topological polar surface area (TPSA) is 35.5 Å². The van der Waals surface area contributed by atoms with E-state index >= 15 is 0 Å². The van der Waals surface area contributed by atoms with Gasteiger partial charge in [-0.25, -0.2) is 0 Å². The molecule has 1 aromatic rings. The van der Waals surface area contributed by atoms with E-state index in [-0.39, 0.29) is 11.9 Å². The van der Waals surface area contributed by atoms with Gasteiger partial charge in [-0.2, -0.15) is 0 Å². The molecule has 0 aliphatic carbocycles. The van der Waals surface area contributed by atoms with Crippen LogP contribution in [0.5, 0.6) is 0 Å². The Morgan fingerprint density at radius 3 is 2.80 bits per heavy atom. The zero-order chi connectivity index (χ0) is 10.5. The van der Waals surface area contributed by atoms with Gasteiger partial charge < -0.3 is 9.47 Å². The lowest BCUT2D eigenvalue weighted by Gasteiger charge is -2.07. The highest BCUT2D eigenvalue weighted by Gasteiger charge is 2.23. The fourth-order valence-electron chi connectivity index (χ4n) is 1.59. The monoisotopic (exact) mass is 206 g/mol. The van der Waals surface area contributed by atoms with Crippen molar-refractivity contribution in [2.75, 3.05) is 13.2 Å². The standard InChI is InChI=1S/C12H14O3/c13-12-6-11(9-15-12)8-14-7-10-4-2-1-3-5-10/h1-5,11H,6-9H2/t11-/m0/s1. The lowest BCUT2D eigenvalue weighted by molar-refractivity contribution is -0.137. The molecule has 1 heterocycles. The van der Waals surface area contributed by atoms with E-state index in [1.807, 2.05) is 30.3 Å². The van der Waals surface area contributed by atoms with Crippen LogP contribution >= 0.6 is 0 Å². The number of cyclic esters (lactones) is 1. The van der Waals surface area contributed by atoms with E-state index in [1.165, 1.54) is 0 Å². The van der Waals surface area contributed by atoms with Crippen LogP contribution < -0.4 is 0 Å². The molecule has 0 aromatic heterocycles. The maximum atomic E-state index is 10.8. The van der Waals surface area contributed by atoms with Crippen LogP contribution in [0.25, 0.3) is 0 Å². The van der Waals surface area contributed by atoms with Crippen molar-refractivity contribution in [2.45, 2.75) is 13.0 Å². The summed E-state index contributed by atoms with van der Waals surface area (Å²) in [6, 6.07) is 10.0. The summed E-state index contributed by atoms with van der Waals surface area (Å²) in [4.78, 5) is 10.8. The van der Waals surface area contributed by atoms with Crippen LogP contribution in [0.2, 0.25) is 0 Å². The summed E-state index contributed by atoms with van der Waals surface area (Å²) in [7, 11) is 0. The largest absolute Gasteiger partial charge is 0.465 e. The molecule has 0 saturated carbocycles. The summed E-state index contributed by atoms with van der Waals surface area (Å²) < 4.78 is 10.4. The van der Waals surface area contributed by atoms with Gasteiger partial charge in [0.15, 0.2) is 0 Å². The first-order valence-electron chi connectivity index (χ1n) is 5.12. The van der Waals surface area contributed by atoms with Gasteiger partial charge in [0.25, 0.3) is 0 Å². The van der Waals surface area contributed by atoms with E-state index in [9.17, 15) is 4.79 Å². The molecule has 0 N–H and O–H groups in total. The molecular weight excluding hydrogens is 192 g/mol. The number of benzene rings is 1. The predicted octanol–water partition coefficient (Wildman–Crippen LogP) is 1.77. The van der Waals surface area contributed by atoms with Crippen LogP contribution in [-0.2, 0) is 20.9 Å². The van der Waals surface area contributed by atoms with Crippen molar-refractivity contribution in [1.29, 1.82) is 0 Å². The number of rotatable bonds is 4. The quantitative estimate of drug-likeness (QED) is 0.704. The summed E-state index contributed by atoms with van der Waals surface area (Å²) in [5.41, 5.74) is 1.16. The number of carbonyl (C=O) groups excluding carboxylic acids is 1. The lowest BCUT2D eigenvalue weighted by Crippen LogP contribution is -2.09. The minimum Gasteiger partial charge on any atom is -0.465 e. The Morgan fingerprint density at radius 2 is 2.13 bits per heavy atom. The summed E-state index contributed by atoms with van der Waals surface area (Å²) in [5, 5.41) is 0. The molecule has 1 saturated heterocycles. The highest BCUT2D eigenvalue weighted by molar-refractivity contribution is 5.71. The fraction of sp³-hybridized carbons (Fsp3) is 0.417. The van der Waals surface area contributed by atoms with Crippen LogP contribution in [0, 0.1) is 5.92 Å². The van der Waals surface area contributed by atoms with Crippen LogP contribution in [-0.4, -0.2) is 19.2 Å². The maximum Gasteiger partial charge on any atom is 0.306 e. The third-order valence-electron chi connectivity index (χ3n) is 2.40. The summed E-state index contributed by atoms with van der Waals surface area (Å²) in [6.07, 6.45) is 0.495. The number of hydrogen-bond acceptors (Lipinski definition) is 3. The Morgan fingerprint density at radius 1 is 1.33 bits per heavy atom. The van der Waals surface area contributed by atoms with Crippen LogP contribution in [0.1, 0.15) is 12.0 Å². The third kappa shape index (κ3) is 3.06. The van der Waals surface area contributed by atoms with Crippen molar-refractivity contribution in [3.05, 3.63) is 35.9 Å². The molecule has 0 bridgehead atoms. The van der Waals surface area contributed by atoms with Gasteiger partial charge in [-0.15, -0.1) is 0 Å². The second kappa shape index (κ2) is 4.94. The van der Waals surface area contributed by atoms with Crippen LogP contribution in [0.4, 0.5) is 0 Å². The van der Waals surface area contributed by atoms with E-state index in [1.54, 1.807) is 0 Å². The van der Waals surface area contributed by atoms with Crippen molar-refractivity contribution in [2.24, 2.45) is 5.92 Å². The van der Waals surface area contributed by atoms with E-state index in [4.69, 9.17) is 9.47 Å². The molecule has 1 atom stereocenters. The Kier molecular flexibility index (Phi) is 3.35. The molecule has 1 aliphatic rings. The number of esters is 1. The smallest absolute Gasteiger partial charge is 0.306 e. The normalized spacial score (nSPS) is 20.3. The highest BCUT2D eigenvalue weighted by Crippen LogP contribution is 2.14. The Bertz CT molecular complexity index is 321. The molecule has 80 valence electrons. The van der Waals surface area contributed by atoms with Gasteiger partial charge in [-0.3, -0.25) is 4.79 Å². The number of carbonyl (C=O) groups is 1. The van der Waals surface area contributed by atoms with Crippen molar-refractivity contribution in [3.8, 4) is 0 Å². The summed E-state index contributed by atoms with van der Waals surface area (Å²) in [5.74, 6) is 0.129. The van der Waals surface area contributed by atoms with Gasteiger partial charge >= 0.3 is 5.97 Å². The summed E-state index contributed by atoms with van der Waals surface area (Å²) in [6.45, 7) is 1.71. The van der Waals surface area contributed by atoms with Crippen molar-refractivity contribution >= 4 is 5.97 Å². The van der Waals surface area contributed by atoms with Gasteiger partial charge in [0.1, 0.15) is 0 Å². The van der Waals surface area contributed by atoms with Gasteiger partial charge in [0.2, 0.25) is 0 Å². The number of ether oxygens (including phenoxy) is 2. The van der Waals surface area contributed by atoms with Crippen LogP contribution in [0.15, 0.2) is 30.3 Å². The first-order chi connectivity index (χ1) is 7.34. The molecule has 2 rings (SSSR count). The zero-order valence-electron chi connectivity index (χ0n) is 8.52. The van der Waals surface area contributed by atoms with E-state index in [0.717, 1.165) is 5.56 Å². The van der Waals surface area contributed by atoms with Crippen molar-refractivity contribution in [3.63, 3.8) is 0 Å². The molecule has 1 fully saturated rings. The first kappa shape index (κ1) is 10.2. The van der Waals surface area contributed by atoms with Crippen molar-refractivity contribution < 1.29 is 14.3 Å². The SMILES string of the molecule is O=C1C[C@@H](COCc2ccccc2)CO1. The van der Waals surface area contributed by atoms with Gasteiger partial charge in [-0.05, 0) is 5.56 Å². The van der Waals surface area contributed by atoms with Gasteiger partial charge in [0.05, 0.1) is 26.2 Å². The molecule has 0 spiro atoms. The second-order valence-electron chi connectivity index (χ2n) is 3.75. The molecule has 0 amide bonds. The Labute approximate surface area is 89.0 Å². The third-order valence-corrected chi connectivity index (χ3v) is 2.40. The molecule has 0 unspecified atom stereocenters. The van der Waals surface area contributed by atoms with E-state index in [0.29, 0.717) is 26.2 Å². The number of hydrogen-bond donors (Lipinski definition) is 0. The lowest BCUT2D eigenvalue weighted by atomic mass is 10.1. The Hall–Kier alpha value is -1.35. The minimum absolute atomic E-state index is 0.108. The van der Waals surface area contributed by atoms with E-state index in [2.05, 4.69) is 0 Å². The second-order valence-corrected chi connectivity index (χ2v) is 3.75. The molecular formula is C12H14O3. The van der Waals surface area contributed by atoms with Gasteiger partial charge in [-0.1, -0.05) is 30.3 Å². The molecule has 0 radical (unpaired) electrons. The predicted molar refractivity (Wildman–Crippen MR) is 55.2 cm³/mol. The average Bonchev–Trinajstić information content (AvgIpc) is 2.66. The molecule has 1 aromatic carbocycles. The molecule has 3 heteroatoms. The maximum absolute atomic E-state index is 10.8. The molecule has 15 heavy (non-hydrogen) atoms. The molecule has 1 aliphatic heterocycles. The fourth-order valence-corrected chi connectivity index (χ4v) is 1.59. The summed E-state index contributed by atoms with van der Waals surface area (Å²) >= 11 is 0. The Balaban J connectivity index is 1.69. The zero-order valence-corrected chi connectivity index (χ0v) is 8.52. The minimum atomic E-state index is -0.108.